The Bertz CT molecular complexity index is 967. The Morgan fingerprint density at radius 1 is 1.19 bits per heavy atom. The van der Waals surface area contributed by atoms with Gasteiger partial charge in [-0.05, 0) is 45.4 Å². The maximum atomic E-state index is 12.7. The van der Waals surface area contributed by atoms with Gasteiger partial charge in [-0.25, -0.2) is 4.79 Å². The van der Waals surface area contributed by atoms with Crippen molar-refractivity contribution < 1.29 is 23.9 Å². The van der Waals surface area contributed by atoms with E-state index in [-0.39, 0.29) is 23.9 Å². The van der Waals surface area contributed by atoms with Crippen LogP contribution in [0.15, 0.2) is 29.8 Å². The Kier molecular flexibility index (Phi) is 4.99. The van der Waals surface area contributed by atoms with Gasteiger partial charge in [0.15, 0.2) is 11.9 Å². The third-order valence-corrected chi connectivity index (χ3v) is 4.58. The van der Waals surface area contributed by atoms with Crippen LogP contribution in [0.2, 0.25) is 0 Å². The molecule has 2 aromatic rings. The third kappa shape index (κ3) is 3.56. The molecule has 0 fully saturated rings. The smallest absolute Gasteiger partial charge is 0.338 e. The molecule has 0 spiro atoms. The Morgan fingerprint density at radius 2 is 1.89 bits per heavy atom. The van der Waals surface area contributed by atoms with E-state index in [0.29, 0.717) is 28.1 Å². The number of ketones is 2. The van der Waals surface area contributed by atoms with Crippen LogP contribution in [-0.4, -0.2) is 35.2 Å². The van der Waals surface area contributed by atoms with Crippen LogP contribution < -0.4 is 4.74 Å². The maximum absolute atomic E-state index is 12.7. The molecule has 1 aromatic carbocycles. The number of para-hydroxylation sites is 1. The Labute approximate surface area is 157 Å². The van der Waals surface area contributed by atoms with Crippen LogP contribution in [0.4, 0.5) is 0 Å². The van der Waals surface area contributed by atoms with Crippen molar-refractivity contribution in [1.29, 1.82) is 0 Å². The highest BCUT2D eigenvalue weighted by Crippen LogP contribution is 2.26. The van der Waals surface area contributed by atoms with Gasteiger partial charge >= 0.3 is 5.97 Å². The van der Waals surface area contributed by atoms with Crippen molar-refractivity contribution in [3.05, 3.63) is 57.9 Å². The van der Waals surface area contributed by atoms with Crippen LogP contribution in [0, 0.1) is 13.8 Å². The molecule has 1 atom stereocenters. The first-order valence-electron chi connectivity index (χ1n) is 8.67. The summed E-state index contributed by atoms with van der Waals surface area (Å²) in [5.74, 6) is -0.396. The minimum Gasteiger partial charge on any atom is -0.488 e. The molecular formula is C21H21NO5. The van der Waals surface area contributed by atoms with E-state index in [1.54, 1.807) is 19.9 Å². The van der Waals surface area contributed by atoms with Crippen LogP contribution in [0.3, 0.4) is 0 Å². The molecule has 0 radical (unpaired) electrons. The van der Waals surface area contributed by atoms with Crippen molar-refractivity contribution in [2.75, 3.05) is 6.61 Å². The molecule has 2 heterocycles. The number of ether oxygens (including phenoxy) is 2. The first-order valence-corrected chi connectivity index (χ1v) is 8.67. The minimum absolute atomic E-state index is 0.0892. The molecule has 27 heavy (non-hydrogen) atoms. The number of benzene rings is 1. The summed E-state index contributed by atoms with van der Waals surface area (Å²) >= 11 is 0. The number of rotatable bonds is 5. The predicted octanol–water partition coefficient (Wildman–Crippen LogP) is 3.42. The number of H-pyrrole nitrogens is 1. The van der Waals surface area contributed by atoms with Crippen molar-refractivity contribution in [2.45, 2.75) is 33.8 Å². The van der Waals surface area contributed by atoms with Crippen LogP contribution in [0.25, 0.3) is 6.08 Å². The molecule has 0 aliphatic carbocycles. The lowest BCUT2D eigenvalue weighted by Crippen LogP contribution is -2.28. The zero-order valence-electron chi connectivity index (χ0n) is 15.7. The van der Waals surface area contributed by atoms with Crippen molar-refractivity contribution >= 4 is 23.6 Å². The second-order valence-electron chi connectivity index (χ2n) is 6.59. The number of carbonyl (C=O) groups is 3. The largest absolute Gasteiger partial charge is 0.488 e. The van der Waals surface area contributed by atoms with Gasteiger partial charge in [-0.3, -0.25) is 9.59 Å². The first-order chi connectivity index (χ1) is 12.8. The lowest BCUT2D eigenvalue weighted by molar-refractivity contribution is -0.141. The number of aromatic nitrogens is 1. The number of Topliss-reactive ketones (excluding diaryl/α,β-unsaturated/α-hetero) is 2. The van der Waals surface area contributed by atoms with Crippen LogP contribution in [-0.2, 0) is 9.53 Å². The summed E-state index contributed by atoms with van der Waals surface area (Å²) in [5, 5.41) is 0. The summed E-state index contributed by atoms with van der Waals surface area (Å²) in [6, 6.07) is 7.36. The van der Waals surface area contributed by atoms with Gasteiger partial charge in [0.1, 0.15) is 12.4 Å². The number of aryl methyl sites for hydroxylation is 1. The normalized spacial score (nSPS) is 13.9. The van der Waals surface area contributed by atoms with Gasteiger partial charge in [-0.1, -0.05) is 18.2 Å². The third-order valence-electron chi connectivity index (χ3n) is 4.58. The van der Waals surface area contributed by atoms with Crippen molar-refractivity contribution in [3.8, 4) is 5.75 Å². The summed E-state index contributed by atoms with van der Waals surface area (Å²) in [6.45, 7) is 6.50. The average molecular weight is 367 g/mol. The van der Waals surface area contributed by atoms with E-state index in [1.807, 2.05) is 24.3 Å². The number of aromatic amines is 1. The van der Waals surface area contributed by atoms with E-state index in [2.05, 4.69) is 4.98 Å². The van der Waals surface area contributed by atoms with Gasteiger partial charge in [0.2, 0.25) is 5.78 Å². The number of hydrogen-bond acceptors (Lipinski definition) is 5. The number of hydrogen-bond donors (Lipinski definition) is 1. The molecule has 1 aliphatic rings. The van der Waals surface area contributed by atoms with Gasteiger partial charge in [-0.15, -0.1) is 0 Å². The van der Waals surface area contributed by atoms with E-state index in [0.717, 1.165) is 5.56 Å². The van der Waals surface area contributed by atoms with Crippen molar-refractivity contribution in [3.63, 3.8) is 0 Å². The van der Waals surface area contributed by atoms with Gasteiger partial charge in [-0.2, -0.15) is 0 Å². The van der Waals surface area contributed by atoms with Crippen molar-refractivity contribution in [1.82, 2.24) is 4.98 Å². The van der Waals surface area contributed by atoms with Gasteiger partial charge in [0, 0.05) is 16.8 Å². The van der Waals surface area contributed by atoms with E-state index < -0.39 is 12.1 Å². The molecule has 0 saturated heterocycles. The molecule has 0 bridgehead atoms. The van der Waals surface area contributed by atoms with Crippen LogP contribution >= 0.6 is 0 Å². The van der Waals surface area contributed by atoms with E-state index in [9.17, 15) is 14.4 Å². The fourth-order valence-corrected chi connectivity index (χ4v) is 3.25. The van der Waals surface area contributed by atoms with Crippen molar-refractivity contribution in [2.24, 2.45) is 0 Å². The molecule has 0 saturated carbocycles. The van der Waals surface area contributed by atoms with Crippen LogP contribution in [0.1, 0.15) is 51.5 Å². The molecule has 1 aliphatic heterocycles. The first kappa shape index (κ1) is 18.6. The molecule has 140 valence electrons. The maximum Gasteiger partial charge on any atom is 0.338 e. The lowest BCUT2D eigenvalue weighted by atomic mass is 10.0. The fourth-order valence-electron chi connectivity index (χ4n) is 3.25. The lowest BCUT2D eigenvalue weighted by Gasteiger charge is -2.18. The monoisotopic (exact) mass is 367 g/mol. The highest BCUT2D eigenvalue weighted by atomic mass is 16.5. The summed E-state index contributed by atoms with van der Waals surface area (Å²) in [5.41, 5.74) is 3.12. The predicted molar refractivity (Wildman–Crippen MR) is 100 cm³/mol. The molecule has 0 unspecified atom stereocenters. The molecule has 1 aromatic heterocycles. The molecule has 1 N–H and O–H groups in total. The zero-order valence-corrected chi connectivity index (χ0v) is 15.7. The van der Waals surface area contributed by atoms with Crippen LogP contribution in [0.5, 0.6) is 5.75 Å². The SMILES string of the molecule is CC(=O)c1c(C)[nH]c(C(=O)[C@@H](C)OC(=O)C2=Cc3ccccc3OC2)c1C. The van der Waals surface area contributed by atoms with Gasteiger partial charge < -0.3 is 14.5 Å². The summed E-state index contributed by atoms with van der Waals surface area (Å²) in [7, 11) is 0. The van der Waals surface area contributed by atoms with E-state index in [1.165, 1.54) is 13.8 Å². The van der Waals surface area contributed by atoms with Gasteiger partial charge in [0.25, 0.3) is 0 Å². The Morgan fingerprint density at radius 3 is 2.56 bits per heavy atom. The second-order valence-corrected chi connectivity index (χ2v) is 6.59. The zero-order chi connectivity index (χ0) is 19.7. The minimum atomic E-state index is -0.993. The molecule has 3 rings (SSSR count). The average Bonchev–Trinajstić information content (AvgIpc) is 2.94. The number of fused-ring (bicyclic) bond motifs is 1. The highest BCUT2D eigenvalue weighted by Gasteiger charge is 2.27. The van der Waals surface area contributed by atoms with E-state index in [4.69, 9.17) is 9.47 Å². The topological polar surface area (TPSA) is 85.5 Å². The molecule has 6 nitrogen and oxygen atoms in total. The fraction of sp³-hybridized carbons (Fsp3) is 0.286. The molecule has 0 amide bonds. The standard InChI is InChI=1S/C21H21NO5/c1-11-18(13(3)23)12(2)22-19(11)20(24)14(4)27-21(25)16-9-15-7-5-6-8-17(15)26-10-16/h5-9,14,22H,10H2,1-4H3/t14-/m1/s1. The summed E-state index contributed by atoms with van der Waals surface area (Å²) in [6.07, 6.45) is 0.711. The number of nitrogens with one attached hydrogen (secondary N) is 1. The number of carbonyl (C=O) groups excluding carboxylic acids is 3. The molecule has 6 heteroatoms. The highest BCUT2D eigenvalue weighted by molar-refractivity contribution is 6.06. The summed E-state index contributed by atoms with van der Waals surface area (Å²) in [4.78, 5) is 39.8. The quantitative estimate of drug-likeness (QED) is 0.646. The summed E-state index contributed by atoms with van der Waals surface area (Å²) < 4.78 is 10.9. The second kappa shape index (κ2) is 7.23. The molecular weight excluding hydrogens is 346 g/mol. The van der Waals surface area contributed by atoms with Gasteiger partial charge in [0.05, 0.1) is 11.3 Å². The Hall–Kier alpha value is -3.15. The van der Waals surface area contributed by atoms with E-state index >= 15 is 0 Å². The Balaban J connectivity index is 1.76. The number of esters is 1.